The first-order valence-electron chi connectivity index (χ1n) is 8.49. The minimum Gasteiger partial charge on any atom is -0.327 e. The van der Waals surface area contributed by atoms with Crippen LogP contribution < -0.4 is 5.32 Å². The van der Waals surface area contributed by atoms with Gasteiger partial charge in [-0.25, -0.2) is 0 Å². The summed E-state index contributed by atoms with van der Waals surface area (Å²) in [5, 5.41) is 1.70. The molecular weight excluding hydrogens is 474 g/mol. The van der Waals surface area contributed by atoms with E-state index in [1.54, 1.807) is 24.3 Å². The topological polar surface area (TPSA) is 83.6 Å². The Morgan fingerprint density at radius 2 is 1.73 bits per heavy atom. The van der Waals surface area contributed by atoms with Crippen LogP contribution in [-0.4, -0.2) is 28.4 Å². The molecule has 0 saturated heterocycles. The van der Waals surface area contributed by atoms with E-state index in [0.717, 1.165) is 4.90 Å². The molecule has 0 aliphatic carbocycles. The van der Waals surface area contributed by atoms with E-state index in [0.29, 0.717) is 17.0 Å². The summed E-state index contributed by atoms with van der Waals surface area (Å²) in [6, 6.07) is 9.21. The first-order chi connectivity index (χ1) is 14.0. The van der Waals surface area contributed by atoms with Gasteiger partial charge in [-0.2, -0.15) is 0 Å². The van der Waals surface area contributed by atoms with Gasteiger partial charge in [-0.3, -0.25) is 24.1 Å². The number of hydrogen-bond acceptors (Lipinski definition) is 4. The van der Waals surface area contributed by atoms with Crippen molar-refractivity contribution in [3.63, 3.8) is 0 Å². The monoisotopic (exact) mass is 488 g/mol. The summed E-state index contributed by atoms with van der Waals surface area (Å²) in [5.41, 5.74) is -1.30. The third kappa shape index (κ3) is 5.13. The molecule has 0 atom stereocenters. The molecular formula is C20H16Cl4N2O4. The number of amides is 3. The van der Waals surface area contributed by atoms with Gasteiger partial charge in [0.2, 0.25) is 17.6 Å². The highest BCUT2D eigenvalue weighted by atomic mass is 35.5. The standard InChI is InChI=1S/C20H16Cl4N2O4/c1-20(2,18(24)29)19(30)26(9-11-5-3-4-6-14(11)22)17(28)13-7-12(21)8-15(16(13)23)25-10-27/h3-8,10H,9H2,1-2H3,(H,25,27). The predicted octanol–water partition coefficient (Wildman–Crippen LogP) is 5.18. The minimum atomic E-state index is -1.70. The van der Waals surface area contributed by atoms with E-state index in [-0.39, 0.29) is 27.8 Å². The van der Waals surface area contributed by atoms with Crippen molar-refractivity contribution in [1.82, 2.24) is 4.90 Å². The fourth-order valence-electron chi connectivity index (χ4n) is 2.51. The van der Waals surface area contributed by atoms with E-state index in [1.807, 2.05) is 0 Å². The van der Waals surface area contributed by atoms with E-state index < -0.39 is 22.5 Å². The molecule has 10 heteroatoms. The molecule has 2 aromatic rings. The molecule has 0 unspecified atom stereocenters. The average molecular weight is 490 g/mol. The Morgan fingerprint density at radius 3 is 2.30 bits per heavy atom. The molecule has 0 aromatic heterocycles. The molecule has 0 radical (unpaired) electrons. The normalized spacial score (nSPS) is 11.0. The van der Waals surface area contributed by atoms with E-state index in [4.69, 9.17) is 46.4 Å². The number of carbonyl (C=O) groups excluding carboxylic acids is 4. The fraction of sp³-hybridized carbons (Fsp3) is 0.200. The lowest BCUT2D eigenvalue weighted by Gasteiger charge is -2.29. The molecule has 1 N–H and O–H groups in total. The molecule has 3 amide bonds. The fourth-order valence-corrected chi connectivity index (χ4v) is 3.25. The van der Waals surface area contributed by atoms with Crippen molar-refractivity contribution in [2.45, 2.75) is 20.4 Å². The maximum Gasteiger partial charge on any atom is 0.262 e. The summed E-state index contributed by atoms with van der Waals surface area (Å²) in [6.45, 7) is 2.36. The Hall–Kier alpha value is -2.12. The second kappa shape index (κ2) is 9.79. The van der Waals surface area contributed by atoms with Gasteiger partial charge in [0.05, 0.1) is 22.8 Å². The van der Waals surface area contributed by atoms with Crippen molar-refractivity contribution >= 4 is 75.6 Å². The smallest absolute Gasteiger partial charge is 0.262 e. The maximum absolute atomic E-state index is 13.3. The summed E-state index contributed by atoms with van der Waals surface area (Å²) < 4.78 is 0. The molecule has 0 aliphatic rings. The molecule has 30 heavy (non-hydrogen) atoms. The number of imide groups is 1. The number of carbonyl (C=O) groups is 4. The Bertz CT molecular complexity index is 1020. The van der Waals surface area contributed by atoms with Crippen LogP contribution in [0.5, 0.6) is 0 Å². The first-order valence-corrected chi connectivity index (χ1v) is 10.0. The molecule has 0 bridgehead atoms. The van der Waals surface area contributed by atoms with Crippen LogP contribution in [-0.2, 0) is 20.9 Å². The zero-order chi connectivity index (χ0) is 22.6. The van der Waals surface area contributed by atoms with Crippen LogP contribution in [0.3, 0.4) is 0 Å². The van der Waals surface area contributed by atoms with Crippen LogP contribution in [0.25, 0.3) is 0 Å². The third-order valence-electron chi connectivity index (χ3n) is 4.28. The molecule has 0 spiro atoms. The molecule has 2 rings (SSSR count). The van der Waals surface area contributed by atoms with Gasteiger partial charge in [-0.05, 0) is 49.2 Å². The lowest BCUT2D eigenvalue weighted by molar-refractivity contribution is -0.142. The van der Waals surface area contributed by atoms with Crippen LogP contribution in [0.15, 0.2) is 36.4 Å². The van der Waals surface area contributed by atoms with Gasteiger partial charge >= 0.3 is 0 Å². The molecule has 0 aliphatic heterocycles. The van der Waals surface area contributed by atoms with Gasteiger partial charge in [0.25, 0.3) is 5.91 Å². The second-order valence-corrected chi connectivity index (χ2v) is 8.33. The quantitative estimate of drug-likeness (QED) is 0.330. The minimum absolute atomic E-state index is 0.0836. The van der Waals surface area contributed by atoms with Gasteiger partial charge in [-0.1, -0.05) is 53.0 Å². The number of nitrogens with one attached hydrogen (secondary N) is 1. The lowest BCUT2D eigenvalue weighted by atomic mass is 9.92. The van der Waals surface area contributed by atoms with Gasteiger partial charge in [0, 0.05) is 10.0 Å². The van der Waals surface area contributed by atoms with Crippen LogP contribution >= 0.6 is 46.4 Å². The number of nitrogens with zero attached hydrogens (tertiary/aromatic N) is 1. The zero-order valence-electron chi connectivity index (χ0n) is 15.8. The molecule has 2 aromatic carbocycles. The lowest BCUT2D eigenvalue weighted by Crippen LogP contribution is -2.46. The second-order valence-electron chi connectivity index (χ2n) is 6.76. The highest BCUT2D eigenvalue weighted by Gasteiger charge is 2.41. The molecule has 0 saturated carbocycles. The molecule has 158 valence electrons. The van der Waals surface area contributed by atoms with E-state index in [1.165, 1.54) is 26.0 Å². The van der Waals surface area contributed by atoms with E-state index in [9.17, 15) is 19.2 Å². The van der Waals surface area contributed by atoms with Crippen molar-refractivity contribution in [1.29, 1.82) is 0 Å². The van der Waals surface area contributed by atoms with Crippen molar-refractivity contribution in [2.75, 3.05) is 5.32 Å². The molecule has 0 fully saturated rings. The number of halogens is 4. The van der Waals surface area contributed by atoms with Gasteiger partial charge in [0.15, 0.2) is 0 Å². The summed E-state index contributed by atoms with van der Waals surface area (Å²) in [7, 11) is 0. The number of hydrogen-bond donors (Lipinski definition) is 1. The Balaban J connectivity index is 2.61. The highest BCUT2D eigenvalue weighted by molar-refractivity contribution is 6.66. The third-order valence-corrected chi connectivity index (χ3v) is 5.75. The Morgan fingerprint density at radius 1 is 1.10 bits per heavy atom. The molecule has 6 nitrogen and oxygen atoms in total. The largest absolute Gasteiger partial charge is 0.327 e. The predicted molar refractivity (Wildman–Crippen MR) is 117 cm³/mol. The maximum atomic E-state index is 13.3. The Kier molecular flexibility index (Phi) is 7.88. The highest BCUT2D eigenvalue weighted by Crippen LogP contribution is 2.33. The van der Waals surface area contributed by atoms with Crippen LogP contribution in [0.4, 0.5) is 5.69 Å². The van der Waals surface area contributed by atoms with E-state index in [2.05, 4.69) is 5.32 Å². The Labute approximate surface area is 193 Å². The van der Waals surface area contributed by atoms with Gasteiger partial charge < -0.3 is 5.32 Å². The van der Waals surface area contributed by atoms with Crippen LogP contribution in [0.1, 0.15) is 29.8 Å². The van der Waals surface area contributed by atoms with Gasteiger partial charge in [-0.15, -0.1) is 0 Å². The number of anilines is 1. The van der Waals surface area contributed by atoms with Crippen molar-refractivity contribution in [3.8, 4) is 0 Å². The first kappa shape index (κ1) is 24.2. The summed E-state index contributed by atoms with van der Waals surface area (Å²) in [4.78, 5) is 50.0. The van der Waals surface area contributed by atoms with Gasteiger partial charge in [0.1, 0.15) is 5.41 Å². The summed E-state index contributed by atoms with van der Waals surface area (Å²) >= 11 is 24.1. The average Bonchev–Trinajstić information content (AvgIpc) is 2.69. The number of rotatable bonds is 7. The zero-order valence-corrected chi connectivity index (χ0v) is 18.9. The van der Waals surface area contributed by atoms with Crippen LogP contribution in [0.2, 0.25) is 15.1 Å². The SMILES string of the molecule is CC(C)(C(=O)Cl)C(=O)N(Cc1ccccc1Cl)C(=O)c1cc(Cl)cc(NC=O)c1Cl. The van der Waals surface area contributed by atoms with Crippen molar-refractivity contribution in [3.05, 3.63) is 62.6 Å². The molecule has 0 heterocycles. The van der Waals surface area contributed by atoms with Crippen molar-refractivity contribution in [2.24, 2.45) is 5.41 Å². The van der Waals surface area contributed by atoms with Crippen molar-refractivity contribution < 1.29 is 19.2 Å². The van der Waals surface area contributed by atoms with E-state index >= 15 is 0 Å². The number of benzene rings is 2. The summed E-state index contributed by atoms with van der Waals surface area (Å²) in [6.07, 6.45) is 0.369. The van der Waals surface area contributed by atoms with Crippen LogP contribution in [0, 0.1) is 5.41 Å². The summed E-state index contributed by atoms with van der Waals surface area (Å²) in [5.74, 6) is -1.69.